The highest BCUT2D eigenvalue weighted by Crippen LogP contribution is 2.44. The fourth-order valence-corrected chi connectivity index (χ4v) is 18.6. The number of fused-ring (bicyclic) bond motifs is 2. The number of anilines is 4. The molecule has 4 aliphatic heterocycles. The van der Waals surface area contributed by atoms with Crippen LogP contribution in [0.3, 0.4) is 0 Å². The number of para-hydroxylation sites is 8. The molecular weight excluding hydrogens is 1520 g/mol. The Labute approximate surface area is 737 Å². The maximum Gasteiger partial charge on any atom is 0.295 e. The highest BCUT2D eigenvalue weighted by molar-refractivity contribution is 5.84. The minimum absolute atomic E-state index is 0.285. The zero-order valence-electron chi connectivity index (χ0n) is 77.5. The highest BCUT2D eigenvalue weighted by Gasteiger charge is 2.37. The molecule has 0 aliphatic carbocycles. The van der Waals surface area contributed by atoms with E-state index in [0.29, 0.717) is 42.2 Å². The molecule has 0 saturated carbocycles. The molecule has 8 heterocycles. The second kappa shape index (κ2) is 35.8. The van der Waals surface area contributed by atoms with E-state index in [-0.39, 0.29) is 6.17 Å². The molecule has 16 nitrogen and oxygen atoms in total. The van der Waals surface area contributed by atoms with Crippen LogP contribution in [-0.2, 0) is 28.2 Å². The molecule has 14 aromatic rings. The Kier molecular flexibility index (Phi) is 24.8. The van der Waals surface area contributed by atoms with Crippen molar-refractivity contribution in [3.05, 3.63) is 337 Å². The molecule has 0 radical (unpaired) electrons. The Bertz CT molecular complexity index is 6290. The third-order valence-corrected chi connectivity index (χ3v) is 26.3. The van der Waals surface area contributed by atoms with Crippen LogP contribution in [-0.4, -0.2) is 90.7 Å². The van der Waals surface area contributed by atoms with E-state index in [9.17, 15) is 0 Å². The lowest BCUT2D eigenvalue weighted by Crippen LogP contribution is -2.34. The van der Waals surface area contributed by atoms with Crippen molar-refractivity contribution in [3.63, 3.8) is 0 Å². The maximum absolute atomic E-state index is 2.53. The Balaban J connectivity index is 0.000000129. The monoisotopic (exact) mass is 1650 g/mol. The van der Waals surface area contributed by atoms with E-state index in [1.165, 1.54) is 158 Å². The smallest absolute Gasteiger partial charge is 0.295 e. The van der Waals surface area contributed by atoms with E-state index < -0.39 is 0 Å². The van der Waals surface area contributed by atoms with Crippen LogP contribution >= 0.6 is 0 Å². The van der Waals surface area contributed by atoms with Gasteiger partial charge in [-0.1, -0.05) is 177 Å². The molecule has 0 spiro atoms. The van der Waals surface area contributed by atoms with Crippen molar-refractivity contribution in [2.24, 2.45) is 28.2 Å². The zero-order valence-corrected chi connectivity index (χ0v) is 77.5. The summed E-state index contributed by atoms with van der Waals surface area (Å²) in [5, 5.41) is 0. The normalized spacial score (nSPS) is 16.1. The quantitative estimate of drug-likeness (QED) is 0.0887. The van der Waals surface area contributed by atoms with E-state index in [4.69, 9.17) is 0 Å². The molecule has 18 rings (SSSR count). The summed E-state index contributed by atoms with van der Waals surface area (Å²) in [7, 11) is 17.1. The Morgan fingerprint density at radius 2 is 0.556 bits per heavy atom. The molecule has 636 valence electrons. The van der Waals surface area contributed by atoms with Gasteiger partial charge in [0.25, 0.3) is 23.3 Å². The van der Waals surface area contributed by atoms with Crippen molar-refractivity contribution in [1.82, 2.24) is 37.9 Å². The number of nitrogens with zero attached hydrogens (tertiary/aromatic N) is 16. The summed E-state index contributed by atoms with van der Waals surface area (Å²) in [6.45, 7) is 36.3. The summed E-state index contributed by atoms with van der Waals surface area (Å²) >= 11 is 0. The number of imidazole rings is 4. The number of benzene rings is 10. The van der Waals surface area contributed by atoms with E-state index >= 15 is 0 Å². The molecule has 0 unspecified atom stereocenters. The molecule has 16 heteroatoms. The second-order valence-electron chi connectivity index (χ2n) is 35.3. The summed E-state index contributed by atoms with van der Waals surface area (Å²) in [5.74, 6) is 6.52. The van der Waals surface area contributed by atoms with E-state index in [0.717, 1.165) is 0 Å². The predicted octanol–water partition coefficient (Wildman–Crippen LogP) is 22.2. The third-order valence-electron chi connectivity index (χ3n) is 26.3. The zero-order chi connectivity index (χ0) is 88.0. The van der Waals surface area contributed by atoms with E-state index in [2.05, 4.69) is 536 Å². The van der Waals surface area contributed by atoms with Gasteiger partial charge in [-0.2, -0.15) is 18.3 Å². The molecule has 10 aromatic carbocycles. The number of hydrogen-bond acceptors (Lipinski definition) is 8. The van der Waals surface area contributed by atoms with Crippen LogP contribution in [0, 0.1) is 27.7 Å². The molecule has 4 aliphatic rings. The van der Waals surface area contributed by atoms with Gasteiger partial charge in [-0.15, -0.1) is 0 Å². The lowest BCUT2D eigenvalue weighted by molar-refractivity contribution is -0.659. The molecule has 0 amide bonds. The molecule has 4 atom stereocenters. The lowest BCUT2D eigenvalue weighted by Gasteiger charge is -2.28. The van der Waals surface area contributed by atoms with Crippen LogP contribution < -0.4 is 37.9 Å². The van der Waals surface area contributed by atoms with E-state index in [1.807, 2.05) is 0 Å². The van der Waals surface area contributed by atoms with Crippen molar-refractivity contribution in [1.29, 1.82) is 0 Å². The van der Waals surface area contributed by atoms with Crippen LogP contribution in [0.25, 0.3) is 90.4 Å². The van der Waals surface area contributed by atoms with Gasteiger partial charge in [0, 0.05) is 123 Å². The van der Waals surface area contributed by atoms with Gasteiger partial charge in [0.1, 0.15) is 72.2 Å². The fraction of sp³-hybridized carbons (Fsp3) is 0.296. The van der Waals surface area contributed by atoms with Crippen molar-refractivity contribution in [2.75, 3.05) is 47.8 Å². The molecular formula is C108H128N16+4. The summed E-state index contributed by atoms with van der Waals surface area (Å²) < 4.78 is 18.7. The van der Waals surface area contributed by atoms with E-state index in [1.54, 1.807) is 0 Å². The first-order valence-electron chi connectivity index (χ1n) is 44.2. The summed E-state index contributed by atoms with van der Waals surface area (Å²) in [5.41, 5.74) is 30.6. The Morgan fingerprint density at radius 1 is 0.274 bits per heavy atom. The van der Waals surface area contributed by atoms with Gasteiger partial charge in [0.15, 0.2) is 22.1 Å². The Morgan fingerprint density at radius 3 is 0.895 bits per heavy atom. The number of aromatic nitrogens is 8. The summed E-state index contributed by atoms with van der Waals surface area (Å²) in [6, 6.07) is 78.7. The number of hydrogen-bond donors (Lipinski definition) is 0. The first-order valence-corrected chi connectivity index (χ1v) is 44.2. The van der Waals surface area contributed by atoms with Crippen molar-refractivity contribution < 1.29 is 18.3 Å². The van der Waals surface area contributed by atoms with Gasteiger partial charge >= 0.3 is 0 Å². The molecule has 0 bridgehead atoms. The van der Waals surface area contributed by atoms with Gasteiger partial charge in [-0.05, 0) is 198 Å². The van der Waals surface area contributed by atoms with Crippen LogP contribution in [0.15, 0.2) is 293 Å². The molecule has 0 fully saturated rings. The van der Waals surface area contributed by atoms with Gasteiger partial charge < -0.3 is 39.2 Å². The SMILES string of the molecule is Cc1c(-c2n(-c3c(C(C)C)cccc3C(C)C)c3ccccc3[n+]2C)cccc1N1C=CN(C)[C@@H]1C.Cc1c(-c2n(-c3c(C(C)C)cccc3C(C)C)cc[n+]2C)cccc1N1C=CN(C)[C@@H]1C.Cc1c(-c2n(-c3ccccc3)c3ccccc3[n+]2C)cccc1N1C=CN(C)[C@@H]1C.Cc1c(-c2n(-c3ccccc3)cc[n+]2C)cccc1N1C=CN(C)[C@@H]1C. The first-order chi connectivity index (χ1) is 59.6. The van der Waals surface area contributed by atoms with Crippen molar-refractivity contribution >= 4 is 44.8 Å². The molecule has 4 aromatic heterocycles. The van der Waals surface area contributed by atoms with Crippen molar-refractivity contribution in [2.45, 2.75) is 159 Å². The van der Waals surface area contributed by atoms with Crippen LogP contribution in [0.2, 0.25) is 0 Å². The summed E-state index contributed by atoms with van der Waals surface area (Å²) in [6.07, 6.45) is 27.1. The topological polar surface area (TPSA) is 61.2 Å². The van der Waals surface area contributed by atoms with Crippen molar-refractivity contribution in [3.8, 4) is 68.3 Å². The third kappa shape index (κ3) is 15.8. The van der Waals surface area contributed by atoms with Gasteiger partial charge in [0.2, 0.25) is 0 Å². The number of rotatable bonds is 16. The average molecular weight is 1650 g/mol. The highest BCUT2D eigenvalue weighted by atomic mass is 15.4. The first kappa shape index (κ1) is 85.9. The number of aryl methyl sites for hydroxylation is 4. The minimum atomic E-state index is 0.285. The average Bonchev–Trinajstić information content (AvgIpc) is 1.57. The van der Waals surface area contributed by atoms with Gasteiger partial charge in [-0.25, -0.2) is 18.3 Å². The molecule has 0 N–H and O–H groups in total. The predicted molar refractivity (Wildman–Crippen MR) is 515 cm³/mol. The van der Waals surface area contributed by atoms with Crippen LogP contribution in [0.4, 0.5) is 22.7 Å². The van der Waals surface area contributed by atoms with Gasteiger partial charge in [0.05, 0.1) is 50.4 Å². The Hall–Kier alpha value is -13.1. The standard InChI is InChI=1S/C32H39N4.C28H37N4.C26H27N4.C22H25N4/c1-21(2)25-13-11-14-26(22(3)4)31(25)36-30-17-10-9-16-29(30)34(8)32(36)27-15-12-18-28(23(27)5)35-20-19-33(7)24(35)6;1-19(2)23-11-9-12-24(20(3)4)27(23)32-18-16-30(8)28(32)25-13-10-14-26(21(25)5)31-17-15-29(7)22(31)6;1-19-22(13-10-16-23(19)29-18-17-27(3)20(29)2)26-28(4)24-14-8-9-15-25(24)30(26)21-11-6-5-7-12-21;1-17-20(11-8-12-21(17)25-15-13-23(3)18(25)2)22-24(4)14-16-26(22)19-9-6-5-7-10-19/h9-22,24H,1-8H3;9-20,22H,1-8H3;5-18,20H,1-4H3;5-16,18H,1-4H3/q4*+1/t24-;22-;20-;18-/m0000/s1. The second-order valence-corrected chi connectivity index (χ2v) is 35.3. The van der Waals surface area contributed by atoms with Crippen LogP contribution in [0.1, 0.15) is 151 Å². The maximum atomic E-state index is 2.53. The molecule has 0 saturated heterocycles. The fourth-order valence-electron chi connectivity index (χ4n) is 18.6. The lowest BCUT2D eigenvalue weighted by atomic mass is 9.92. The minimum Gasteiger partial charge on any atom is -0.359 e. The van der Waals surface area contributed by atoms with Crippen LogP contribution in [0.5, 0.6) is 0 Å². The molecule has 124 heavy (non-hydrogen) atoms. The largest absolute Gasteiger partial charge is 0.359 e. The summed E-state index contributed by atoms with van der Waals surface area (Å²) in [4.78, 5) is 18.3. The van der Waals surface area contributed by atoms with Gasteiger partial charge in [-0.3, -0.25) is 0 Å².